The van der Waals surface area contributed by atoms with Crippen LogP contribution in [0.4, 0.5) is 11.6 Å². The number of hydrogen-bond donors (Lipinski definition) is 2. The number of rotatable bonds is 4. The summed E-state index contributed by atoms with van der Waals surface area (Å²) in [6.07, 6.45) is 0.518. The van der Waals surface area contributed by atoms with Crippen molar-refractivity contribution in [2.45, 2.75) is 26.3 Å². The zero-order chi connectivity index (χ0) is 18.0. The summed E-state index contributed by atoms with van der Waals surface area (Å²) in [4.78, 5) is 20.9. The fraction of sp³-hybridized carbons (Fsp3) is 0.353. The fourth-order valence-electron chi connectivity index (χ4n) is 2.67. The molecule has 2 N–H and O–H groups in total. The Morgan fingerprint density at radius 2 is 1.88 bits per heavy atom. The van der Waals surface area contributed by atoms with Crippen molar-refractivity contribution in [2.24, 2.45) is 0 Å². The number of carbonyl (C=O) groups is 1. The van der Waals surface area contributed by atoms with Gasteiger partial charge in [-0.15, -0.1) is 0 Å². The summed E-state index contributed by atoms with van der Waals surface area (Å²) in [5, 5.41) is 5.82. The summed E-state index contributed by atoms with van der Waals surface area (Å²) < 4.78 is 23.1. The Morgan fingerprint density at radius 1 is 1.16 bits per heavy atom. The van der Waals surface area contributed by atoms with Crippen LogP contribution < -0.4 is 10.6 Å². The predicted molar refractivity (Wildman–Crippen MR) is 96.6 cm³/mol. The van der Waals surface area contributed by atoms with Crippen molar-refractivity contribution in [2.75, 3.05) is 22.1 Å². The molecule has 2 aromatic rings. The van der Waals surface area contributed by atoms with Gasteiger partial charge in [0.1, 0.15) is 5.69 Å². The molecule has 7 nitrogen and oxygen atoms in total. The lowest BCUT2D eigenvalue weighted by atomic mass is 10.2. The van der Waals surface area contributed by atoms with E-state index < -0.39 is 9.84 Å². The van der Waals surface area contributed by atoms with Crippen molar-refractivity contribution in [3.05, 3.63) is 47.3 Å². The molecular weight excluding hydrogens is 340 g/mol. The Kier molecular flexibility index (Phi) is 4.71. The zero-order valence-corrected chi connectivity index (χ0v) is 14.9. The molecule has 0 spiro atoms. The normalized spacial score (nSPS) is 18.7. The fourth-order valence-corrected chi connectivity index (χ4v) is 4.35. The molecule has 1 aliphatic heterocycles. The molecule has 1 atom stereocenters. The summed E-state index contributed by atoms with van der Waals surface area (Å²) in [5.74, 6) is 0.166. The number of sulfone groups is 1. The van der Waals surface area contributed by atoms with Crippen LogP contribution >= 0.6 is 0 Å². The quantitative estimate of drug-likeness (QED) is 0.864. The van der Waals surface area contributed by atoms with Crippen molar-refractivity contribution in [1.29, 1.82) is 0 Å². The summed E-state index contributed by atoms with van der Waals surface area (Å²) in [5.41, 5.74) is 2.65. The first kappa shape index (κ1) is 17.3. The van der Waals surface area contributed by atoms with Gasteiger partial charge < -0.3 is 10.6 Å². The Hall–Kier alpha value is -2.48. The summed E-state index contributed by atoms with van der Waals surface area (Å²) in [7, 11) is -2.99. The molecule has 1 amide bonds. The number of aromatic nitrogens is 2. The van der Waals surface area contributed by atoms with E-state index in [9.17, 15) is 13.2 Å². The lowest BCUT2D eigenvalue weighted by Crippen LogP contribution is -2.23. The smallest absolute Gasteiger partial charge is 0.274 e. The molecule has 3 rings (SSSR count). The van der Waals surface area contributed by atoms with Crippen LogP contribution in [0.15, 0.2) is 30.3 Å². The molecule has 1 aliphatic rings. The molecule has 0 radical (unpaired) electrons. The molecule has 8 heteroatoms. The zero-order valence-electron chi connectivity index (χ0n) is 14.1. The minimum absolute atomic E-state index is 0.0647. The SMILES string of the molecule is Cc1ccc(NC(=O)c2cc(C)nc(NC3CCS(=O)(=O)C3)n2)cc1. The van der Waals surface area contributed by atoms with Crippen LogP contribution in [0.3, 0.4) is 0 Å². The number of nitrogens with one attached hydrogen (secondary N) is 2. The molecular formula is C17H20N4O3S. The van der Waals surface area contributed by atoms with Gasteiger partial charge >= 0.3 is 0 Å². The van der Waals surface area contributed by atoms with E-state index in [-0.39, 0.29) is 35.1 Å². The molecule has 0 saturated carbocycles. The minimum atomic E-state index is -2.99. The Balaban J connectivity index is 1.74. The highest BCUT2D eigenvalue weighted by Crippen LogP contribution is 2.16. The van der Waals surface area contributed by atoms with Crippen molar-refractivity contribution in [3.8, 4) is 0 Å². The molecule has 1 unspecified atom stereocenters. The highest BCUT2D eigenvalue weighted by molar-refractivity contribution is 7.91. The van der Waals surface area contributed by atoms with Gasteiger partial charge in [0, 0.05) is 17.4 Å². The number of aryl methyl sites for hydroxylation is 2. The van der Waals surface area contributed by atoms with E-state index in [1.807, 2.05) is 31.2 Å². The second-order valence-electron chi connectivity index (χ2n) is 6.28. The first-order valence-electron chi connectivity index (χ1n) is 8.01. The summed E-state index contributed by atoms with van der Waals surface area (Å²) in [6.45, 7) is 3.74. The molecule has 132 valence electrons. The molecule has 0 bridgehead atoms. The molecule has 1 saturated heterocycles. The molecule has 1 aromatic heterocycles. The molecule has 1 fully saturated rings. The van der Waals surface area contributed by atoms with Gasteiger partial charge in [0.25, 0.3) is 5.91 Å². The highest BCUT2D eigenvalue weighted by Gasteiger charge is 2.28. The molecule has 0 aliphatic carbocycles. The Morgan fingerprint density at radius 3 is 2.52 bits per heavy atom. The standard InChI is InChI=1S/C17H20N4O3S/c1-11-3-5-13(6-4-11)19-16(22)15-9-12(2)18-17(21-15)20-14-7-8-25(23,24)10-14/h3-6,9,14H,7-8,10H2,1-2H3,(H,19,22)(H,18,20,21). The van der Waals surface area contributed by atoms with E-state index in [2.05, 4.69) is 20.6 Å². The first-order valence-corrected chi connectivity index (χ1v) is 9.83. The minimum Gasteiger partial charge on any atom is -0.350 e. The largest absolute Gasteiger partial charge is 0.350 e. The van der Waals surface area contributed by atoms with E-state index in [4.69, 9.17) is 0 Å². The maximum absolute atomic E-state index is 12.4. The third kappa shape index (κ3) is 4.54. The van der Waals surface area contributed by atoms with Gasteiger partial charge in [-0.05, 0) is 38.5 Å². The van der Waals surface area contributed by atoms with Crippen LogP contribution in [0, 0.1) is 13.8 Å². The topological polar surface area (TPSA) is 101 Å². The molecule has 25 heavy (non-hydrogen) atoms. The Bertz CT molecular complexity index is 895. The first-order chi connectivity index (χ1) is 11.8. The highest BCUT2D eigenvalue weighted by atomic mass is 32.2. The van der Waals surface area contributed by atoms with Crippen LogP contribution in [0.2, 0.25) is 0 Å². The summed E-state index contributed by atoms with van der Waals surface area (Å²) >= 11 is 0. The average Bonchev–Trinajstić information content (AvgIpc) is 2.87. The third-order valence-electron chi connectivity index (χ3n) is 3.96. The van der Waals surface area contributed by atoms with Gasteiger partial charge in [-0.3, -0.25) is 4.79 Å². The van der Waals surface area contributed by atoms with Gasteiger partial charge in [0.15, 0.2) is 9.84 Å². The van der Waals surface area contributed by atoms with Crippen molar-refractivity contribution >= 4 is 27.4 Å². The van der Waals surface area contributed by atoms with Crippen LogP contribution in [-0.2, 0) is 9.84 Å². The lowest BCUT2D eigenvalue weighted by molar-refractivity contribution is 0.102. The number of benzene rings is 1. The maximum Gasteiger partial charge on any atom is 0.274 e. The monoisotopic (exact) mass is 360 g/mol. The third-order valence-corrected chi connectivity index (χ3v) is 5.73. The number of carbonyl (C=O) groups excluding carboxylic acids is 1. The van der Waals surface area contributed by atoms with Crippen molar-refractivity contribution in [3.63, 3.8) is 0 Å². The van der Waals surface area contributed by atoms with E-state index in [1.165, 1.54) is 0 Å². The van der Waals surface area contributed by atoms with Crippen molar-refractivity contribution < 1.29 is 13.2 Å². The van der Waals surface area contributed by atoms with Gasteiger partial charge in [0.2, 0.25) is 5.95 Å². The van der Waals surface area contributed by atoms with Crippen LogP contribution in [0.25, 0.3) is 0 Å². The van der Waals surface area contributed by atoms with Crippen LogP contribution in [-0.4, -0.2) is 41.8 Å². The van der Waals surface area contributed by atoms with Gasteiger partial charge in [-0.2, -0.15) is 0 Å². The van der Waals surface area contributed by atoms with Crippen molar-refractivity contribution in [1.82, 2.24) is 9.97 Å². The second-order valence-corrected chi connectivity index (χ2v) is 8.51. The van der Waals surface area contributed by atoms with Crippen LogP contribution in [0.1, 0.15) is 28.2 Å². The van der Waals surface area contributed by atoms with E-state index >= 15 is 0 Å². The molecule has 2 heterocycles. The maximum atomic E-state index is 12.4. The van der Waals surface area contributed by atoms with Gasteiger partial charge in [-0.1, -0.05) is 17.7 Å². The van der Waals surface area contributed by atoms with E-state index in [1.54, 1.807) is 13.0 Å². The molecule has 1 aromatic carbocycles. The van der Waals surface area contributed by atoms with E-state index in [0.717, 1.165) is 5.56 Å². The number of amides is 1. The number of anilines is 2. The second kappa shape index (κ2) is 6.79. The Labute approximate surface area is 146 Å². The average molecular weight is 360 g/mol. The van der Waals surface area contributed by atoms with E-state index in [0.29, 0.717) is 17.8 Å². The summed E-state index contributed by atoms with van der Waals surface area (Å²) in [6, 6.07) is 8.84. The number of nitrogens with zero attached hydrogens (tertiary/aromatic N) is 2. The lowest BCUT2D eigenvalue weighted by Gasteiger charge is -2.12. The predicted octanol–water partition coefficient (Wildman–Crippen LogP) is 1.94. The van der Waals surface area contributed by atoms with Gasteiger partial charge in [-0.25, -0.2) is 18.4 Å². The number of hydrogen-bond acceptors (Lipinski definition) is 6. The van der Waals surface area contributed by atoms with Gasteiger partial charge in [0.05, 0.1) is 11.5 Å². The van der Waals surface area contributed by atoms with Crippen LogP contribution in [0.5, 0.6) is 0 Å².